The molecule has 1 heterocycles. The summed E-state index contributed by atoms with van der Waals surface area (Å²) < 4.78 is 5.10. The van der Waals surface area contributed by atoms with E-state index in [1.165, 1.54) is 11.3 Å². The third kappa shape index (κ3) is 3.08. The fraction of sp³-hybridized carbons (Fsp3) is 0.286. The zero-order valence-electron chi connectivity index (χ0n) is 11.6. The van der Waals surface area contributed by atoms with E-state index in [0.717, 1.165) is 5.69 Å². The van der Waals surface area contributed by atoms with Crippen molar-refractivity contribution in [2.45, 2.75) is 19.8 Å². The number of amides is 1. The number of benzene rings is 1. The zero-order chi connectivity index (χ0) is 14.7. The molecule has 0 bridgehead atoms. The maximum Gasteiger partial charge on any atom is 0.259 e. The van der Waals surface area contributed by atoms with Crippen molar-refractivity contribution in [3.8, 4) is 5.75 Å². The lowest BCUT2D eigenvalue weighted by Gasteiger charge is -2.07. The first-order valence-electron chi connectivity index (χ1n) is 6.21. The van der Waals surface area contributed by atoms with E-state index in [1.807, 2.05) is 5.38 Å². The van der Waals surface area contributed by atoms with Crippen molar-refractivity contribution in [2.75, 3.05) is 18.2 Å². The van der Waals surface area contributed by atoms with Crippen molar-refractivity contribution in [1.29, 1.82) is 0 Å². The number of nitrogens with two attached hydrogens (primary N) is 1. The van der Waals surface area contributed by atoms with Gasteiger partial charge in [-0.3, -0.25) is 10.1 Å². The fourth-order valence-electron chi connectivity index (χ4n) is 1.63. The highest BCUT2D eigenvalue weighted by atomic mass is 32.1. The molecule has 106 valence electrons. The van der Waals surface area contributed by atoms with Crippen molar-refractivity contribution in [3.05, 3.63) is 34.8 Å². The number of hydrogen-bond acceptors (Lipinski definition) is 5. The lowest BCUT2D eigenvalue weighted by atomic mass is 10.1. The number of methoxy groups -OCH3 is 1. The second-order valence-corrected chi connectivity index (χ2v) is 5.50. The molecule has 0 radical (unpaired) electrons. The highest BCUT2D eigenvalue weighted by Gasteiger charge is 2.14. The van der Waals surface area contributed by atoms with Crippen LogP contribution in [0.4, 0.5) is 10.8 Å². The van der Waals surface area contributed by atoms with Gasteiger partial charge in [0.25, 0.3) is 5.91 Å². The first-order chi connectivity index (χ1) is 9.51. The number of anilines is 2. The molecular weight excluding hydrogens is 274 g/mol. The third-order valence-corrected chi connectivity index (χ3v) is 3.61. The molecule has 20 heavy (non-hydrogen) atoms. The normalized spacial score (nSPS) is 10.6. The molecule has 6 heteroatoms. The number of carbonyl (C=O) groups is 1. The number of ether oxygens (including phenoxy) is 1. The van der Waals surface area contributed by atoms with Gasteiger partial charge < -0.3 is 10.5 Å². The van der Waals surface area contributed by atoms with Crippen molar-refractivity contribution >= 4 is 28.1 Å². The third-order valence-electron chi connectivity index (χ3n) is 2.84. The van der Waals surface area contributed by atoms with Crippen LogP contribution < -0.4 is 15.8 Å². The molecule has 1 aromatic heterocycles. The van der Waals surface area contributed by atoms with Gasteiger partial charge in [0.05, 0.1) is 18.4 Å². The molecule has 0 fully saturated rings. The molecule has 0 aliphatic carbocycles. The molecule has 2 rings (SSSR count). The van der Waals surface area contributed by atoms with Crippen LogP contribution in [0.15, 0.2) is 23.6 Å². The Morgan fingerprint density at radius 3 is 2.80 bits per heavy atom. The van der Waals surface area contributed by atoms with Crippen LogP contribution in [0, 0.1) is 0 Å². The lowest BCUT2D eigenvalue weighted by molar-refractivity contribution is 0.102. The van der Waals surface area contributed by atoms with Crippen LogP contribution in [0.3, 0.4) is 0 Å². The molecule has 1 amide bonds. The molecule has 5 nitrogen and oxygen atoms in total. The monoisotopic (exact) mass is 291 g/mol. The van der Waals surface area contributed by atoms with Gasteiger partial charge in [-0.2, -0.15) is 0 Å². The van der Waals surface area contributed by atoms with Crippen LogP contribution in [0.25, 0.3) is 0 Å². The average molecular weight is 291 g/mol. The van der Waals surface area contributed by atoms with Gasteiger partial charge >= 0.3 is 0 Å². The van der Waals surface area contributed by atoms with E-state index in [4.69, 9.17) is 10.5 Å². The summed E-state index contributed by atoms with van der Waals surface area (Å²) in [5, 5.41) is 5.27. The number of thiazole rings is 1. The molecule has 2 aromatic rings. The average Bonchev–Trinajstić information content (AvgIpc) is 2.88. The van der Waals surface area contributed by atoms with E-state index in [1.54, 1.807) is 25.3 Å². The molecule has 1 aromatic carbocycles. The summed E-state index contributed by atoms with van der Waals surface area (Å²) in [6, 6.07) is 4.98. The summed E-state index contributed by atoms with van der Waals surface area (Å²) in [6.07, 6.45) is 0. The fourth-order valence-corrected chi connectivity index (χ4v) is 2.50. The number of hydrogen-bond donors (Lipinski definition) is 2. The molecule has 3 N–H and O–H groups in total. The largest absolute Gasteiger partial charge is 0.497 e. The predicted molar refractivity (Wildman–Crippen MR) is 81.6 cm³/mol. The summed E-state index contributed by atoms with van der Waals surface area (Å²) in [4.78, 5) is 16.6. The standard InChI is InChI=1S/C14H17N3O2S/c1-8(2)12-7-20-14(16-12)17-13(18)10-6-9(19-3)4-5-11(10)15/h4-8H,15H2,1-3H3,(H,16,17,18). The second kappa shape index (κ2) is 5.92. The van der Waals surface area contributed by atoms with Gasteiger partial charge in [0.1, 0.15) is 5.75 Å². The minimum atomic E-state index is -0.286. The van der Waals surface area contributed by atoms with Crippen LogP contribution in [0.2, 0.25) is 0 Å². The van der Waals surface area contributed by atoms with Gasteiger partial charge in [-0.15, -0.1) is 11.3 Å². The Balaban J connectivity index is 2.19. The Bertz CT molecular complexity index is 623. The molecule has 0 aliphatic heterocycles. The molecule has 0 saturated heterocycles. The Kier molecular flexibility index (Phi) is 4.24. The minimum Gasteiger partial charge on any atom is -0.497 e. The Hall–Kier alpha value is -2.08. The minimum absolute atomic E-state index is 0.286. The highest BCUT2D eigenvalue weighted by Crippen LogP contribution is 2.24. The maximum absolute atomic E-state index is 12.2. The number of nitrogens with zero attached hydrogens (tertiary/aromatic N) is 1. The zero-order valence-corrected chi connectivity index (χ0v) is 12.5. The number of rotatable bonds is 4. The van der Waals surface area contributed by atoms with Crippen LogP contribution in [-0.4, -0.2) is 18.0 Å². The van der Waals surface area contributed by atoms with Gasteiger partial charge in [0, 0.05) is 11.1 Å². The predicted octanol–water partition coefficient (Wildman–Crippen LogP) is 3.11. The van der Waals surface area contributed by atoms with Gasteiger partial charge in [-0.05, 0) is 24.1 Å². The first kappa shape index (κ1) is 14.3. The van der Waals surface area contributed by atoms with Crippen LogP contribution in [-0.2, 0) is 0 Å². The summed E-state index contributed by atoms with van der Waals surface area (Å²) >= 11 is 1.40. The summed E-state index contributed by atoms with van der Waals surface area (Å²) in [7, 11) is 1.54. The topological polar surface area (TPSA) is 77.2 Å². The van der Waals surface area contributed by atoms with E-state index >= 15 is 0 Å². The number of aromatic nitrogens is 1. The summed E-state index contributed by atoms with van der Waals surface area (Å²) in [5.74, 6) is 0.635. The van der Waals surface area contributed by atoms with Gasteiger partial charge in [-0.1, -0.05) is 13.8 Å². The van der Waals surface area contributed by atoms with Gasteiger partial charge in [0.15, 0.2) is 5.13 Å². The number of carbonyl (C=O) groups excluding carboxylic acids is 1. The van der Waals surface area contributed by atoms with Crippen LogP contribution in [0.5, 0.6) is 5.75 Å². The second-order valence-electron chi connectivity index (χ2n) is 4.64. The van der Waals surface area contributed by atoms with Crippen molar-refractivity contribution < 1.29 is 9.53 Å². The first-order valence-corrected chi connectivity index (χ1v) is 7.09. The molecule has 0 spiro atoms. The van der Waals surface area contributed by atoms with Gasteiger partial charge in [-0.25, -0.2) is 4.98 Å². The summed E-state index contributed by atoms with van der Waals surface area (Å²) in [5.41, 5.74) is 7.57. The molecule has 0 saturated carbocycles. The number of nitrogens with one attached hydrogen (secondary N) is 1. The highest BCUT2D eigenvalue weighted by molar-refractivity contribution is 7.14. The van der Waals surface area contributed by atoms with Crippen molar-refractivity contribution in [2.24, 2.45) is 0 Å². The molecule has 0 atom stereocenters. The van der Waals surface area contributed by atoms with Crippen LogP contribution in [0.1, 0.15) is 35.8 Å². The summed E-state index contributed by atoms with van der Waals surface area (Å²) in [6.45, 7) is 4.11. The SMILES string of the molecule is COc1ccc(N)c(C(=O)Nc2nc(C(C)C)cs2)c1. The lowest BCUT2D eigenvalue weighted by Crippen LogP contribution is -2.14. The van der Waals surface area contributed by atoms with Crippen LogP contribution >= 0.6 is 11.3 Å². The smallest absolute Gasteiger partial charge is 0.259 e. The quantitative estimate of drug-likeness (QED) is 0.848. The molecular formula is C14H17N3O2S. The van der Waals surface area contributed by atoms with Gasteiger partial charge in [0.2, 0.25) is 0 Å². The van der Waals surface area contributed by atoms with E-state index in [9.17, 15) is 4.79 Å². The Labute approximate surface area is 121 Å². The van der Waals surface area contributed by atoms with E-state index in [2.05, 4.69) is 24.1 Å². The Morgan fingerprint density at radius 1 is 1.45 bits per heavy atom. The molecule has 0 aliphatic rings. The van der Waals surface area contributed by atoms with E-state index in [-0.39, 0.29) is 5.91 Å². The molecule has 0 unspecified atom stereocenters. The van der Waals surface area contributed by atoms with E-state index < -0.39 is 0 Å². The number of nitrogen functional groups attached to an aromatic ring is 1. The maximum atomic E-state index is 12.2. The van der Waals surface area contributed by atoms with Crippen molar-refractivity contribution in [1.82, 2.24) is 4.98 Å². The van der Waals surface area contributed by atoms with Crippen molar-refractivity contribution in [3.63, 3.8) is 0 Å². The Morgan fingerprint density at radius 2 is 2.20 bits per heavy atom. The van der Waals surface area contributed by atoms with E-state index in [0.29, 0.717) is 28.0 Å².